The Kier molecular flexibility index (Phi) is 3.24. The molecule has 2 aromatic rings. The summed E-state index contributed by atoms with van der Waals surface area (Å²) in [4.78, 5) is 0. The molecule has 0 radical (unpaired) electrons. The predicted octanol–water partition coefficient (Wildman–Crippen LogP) is 1.72. The number of hydrogen-bond donors (Lipinski definition) is 1. The van der Waals surface area contributed by atoms with Crippen molar-refractivity contribution in [3.63, 3.8) is 0 Å². The highest BCUT2D eigenvalue weighted by atomic mass is 16.5. The molecule has 1 heterocycles. The first-order valence-corrected chi connectivity index (χ1v) is 5.57. The minimum absolute atomic E-state index is 0.616. The Balaban J connectivity index is 2.28. The van der Waals surface area contributed by atoms with E-state index in [1.807, 2.05) is 38.2 Å². The summed E-state index contributed by atoms with van der Waals surface area (Å²) in [6.07, 6.45) is 0. The third kappa shape index (κ3) is 2.30. The Morgan fingerprint density at radius 3 is 2.39 bits per heavy atom. The van der Waals surface area contributed by atoms with Gasteiger partial charge in [-0.25, -0.2) is 0 Å². The van der Waals surface area contributed by atoms with Crippen LogP contribution in [-0.4, -0.2) is 16.9 Å². The third-order valence-corrected chi connectivity index (χ3v) is 2.80. The van der Waals surface area contributed by atoms with Crippen molar-refractivity contribution >= 4 is 5.69 Å². The molecule has 0 amide bonds. The van der Waals surface area contributed by atoms with Gasteiger partial charge in [0.05, 0.1) is 18.5 Å². The van der Waals surface area contributed by atoms with E-state index >= 15 is 0 Å². The van der Waals surface area contributed by atoms with Crippen molar-refractivity contribution < 1.29 is 4.74 Å². The van der Waals surface area contributed by atoms with Gasteiger partial charge < -0.3 is 10.5 Å². The fourth-order valence-corrected chi connectivity index (χ4v) is 1.52. The Bertz CT molecular complexity index is 615. The number of methoxy groups -OCH3 is 1. The van der Waals surface area contributed by atoms with Gasteiger partial charge in [0.25, 0.3) is 0 Å². The van der Waals surface area contributed by atoms with Crippen molar-refractivity contribution in [1.82, 2.24) is 9.78 Å². The highest BCUT2D eigenvalue weighted by Gasteiger charge is 2.06. The summed E-state index contributed by atoms with van der Waals surface area (Å²) in [6, 6.07) is 7.55. The van der Waals surface area contributed by atoms with Crippen LogP contribution < -0.4 is 10.5 Å². The summed E-state index contributed by atoms with van der Waals surface area (Å²) in [7, 11) is 3.49. The number of rotatable bonds is 1. The second-order valence-corrected chi connectivity index (χ2v) is 3.95. The Hall–Kier alpha value is -2.41. The van der Waals surface area contributed by atoms with Gasteiger partial charge in [-0.3, -0.25) is 4.68 Å². The molecule has 1 aromatic heterocycles. The molecule has 4 heteroatoms. The smallest absolute Gasteiger partial charge is 0.158 e. The van der Waals surface area contributed by atoms with Crippen LogP contribution in [0.15, 0.2) is 24.3 Å². The van der Waals surface area contributed by atoms with Crippen LogP contribution in [-0.2, 0) is 7.05 Å². The minimum Gasteiger partial charge on any atom is -0.497 e. The zero-order valence-electron chi connectivity index (χ0n) is 10.7. The molecular weight excluding hydrogens is 226 g/mol. The van der Waals surface area contributed by atoms with Gasteiger partial charge in [0.15, 0.2) is 5.69 Å². The summed E-state index contributed by atoms with van der Waals surface area (Å²) in [5, 5.41) is 4.25. The number of benzene rings is 1. The zero-order chi connectivity index (χ0) is 13.1. The first kappa shape index (κ1) is 12.1. The SMILES string of the molecule is COc1ccc(C#Cc2nn(C)c(C)c2N)cc1. The van der Waals surface area contributed by atoms with E-state index in [1.54, 1.807) is 11.8 Å². The first-order chi connectivity index (χ1) is 8.61. The zero-order valence-corrected chi connectivity index (χ0v) is 10.7. The molecule has 0 unspecified atom stereocenters. The van der Waals surface area contributed by atoms with Gasteiger partial charge in [-0.1, -0.05) is 5.92 Å². The van der Waals surface area contributed by atoms with Gasteiger partial charge in [-0.2, -0.15) is 5.10 Å². The molecule has 0 bridgehead atoms. The highest BCUT2D eigenvalue weighted by Crippen LogP contribution is 2.14. The molecular formula is C14H15N3O. The maximum absolute atomic E-state index is 5.91. The molecule has 0 spiro atoms. The van der Waals surface area contributed by atoms with E-state index in [1.165, 1.54) is 0 Å². The maximum Gasteiger partial charge on any atom is 0.158 e. The van der Waals surface area contributed by atoms with E-state index in [-0.39, 0.29) is 0 Å². The Labute approximate surface area is 106 Å². The molecule has 0 aliphatic heterocycles. The summed E-state index contributed by atoms with van der Waals surface area (Å²) in [6.45, 7) is 1.92. The van der Waals surface area contributed by atoms with Crippen LogP contribution in [0.5, 0.6) is 5.75 Å². The number of nitrogens with zero attached hydrogens (tertiary/aromatic N) is 2. The normalized spacial score (nSPS) is 9.72. The molecule has 0 fully saturated rings. The van der Waals surface area contributed by atoms with Gasteiger partial charge in [0.1, 0.15) is 5.75 Å². The number of aryl methyl sites for hydroxylation is 1. The van der Waals surface area contributed by atoms with E-state index in [2.05, 4.69) is 16.9 Å². The molecule has 0 atom stereocenters. The lowest BCUT2D eigenvalue weighted by Gasteiger charge is -1.97. The van der Waals surface area contributed by atoms with Gasteiger partial charge in [-0.15, -0.1) is 0 Å². The van der Waals surface area contributed by atoms with Crippen molar-refractivity contribution in [3.05, 3.63) is 41.2 Å². The Morgan fingerprint density at radius 2 is 1.89 bits per heavy atom. The van der Waals surface area contributed by atoms with Gasteiger partial charge in [0.2, 0.25) is 0 Å². The molecule has 18 heavy (non-hydrogen) atoms. The van der Waals surface area contributed by atoms with E-state index in [9.17, 15) is 0 Å². The average molecular weight is 241 g/mol. The van der Waals surface area contributed by atoms with Crippen LogP contribution in [0.25, 0.3) is 0 Å². The number of anilines is 1. The predicted molar refractivity (Wildman–Crippen MR) is 71.3 cm³/mol. The van der Waals surface area contributed by atoms with Gasteiger partial charge in [0, 0.05) is 12.6 Å². The van der Waals surface area contributed by atoms with Crippen LogP contribution in [0, 0.1) is 18.8 Å². The van der Waals surface area contributed by atoms with E-state index in [0.717, 1.165) is 17.0 Å². The summed E-state index contributed by atoms with van der Waals surface area (Å²) >= 11 is 0. The summed E-state index contributed by atoms with van der Waals surface area (Å²) < 4.78 is 6.82. The quantitative estimate of drug-likeness (QED) is 0.773. The Morgan fingerprint density at radius 1 is 1.22 bits per heavy atom. The lowest BCUT2D eigenvalue weighted by Crippen LogP contribution is -1.93. The lowest BCUT2D eigenvalue weighted by molar-refractivity contribution is 0.415. The van der Waals surface area contributed by atoms with Gasteiger partial charge >= 0.3 is 0 Å². The molecule has 1 aromatic carbocycles. The van der Waals surface area contributed by atoms with E-state index < -0.39 is 0 Å². The monoisotopic (exact) mass is 241 g/mol. The average Bonchev–Trinajstić information content (AvgIpc) is 2.64. The molecule has 2 rings (SSSR count). The van der Waals surface area contributed by atoms with Crippen molar-refractivity contribution in [2.24, 2.45) is 7.05 Å². The standard InChI is InChI=1S/C14H15N3O/c1-10-14(15)13(16-17(10)2)9-6-11-4-7-12(18-3)8-5-11/h4-5,7-8H,15H2,1-3H3. The number of nitrogens with two attached hydrogens (primary N) is 1. The molecule has 0 aliphatic carbocycles. The maximum atomic E-state index is 5.91. The first-order valence-electron chi connectivity index (χ1n) is 5.57. The summed E-state index contributed by atoms with van der Waals surface area (Å²) in [5.74, 6) is 6.83. The van der Waals surface area contributed by atoms with E-state index in [0.29, 0.717) is 11.4 Å². The molecule has 4 nitrogen and oxygen atoms in total. The number of aromatic nitrogens is 2. The van der Waals surface area contributed by atoms with E-state index in [4.69, 9.17) is 10.5 Å². The fourth-order valence-electron chi connectivity index (χ4n) is 1.52. The van der Waals surface area contributed by atoms with Gasteiger partial charge in [-0.05, 0) is 37.1 Å². The van der Waals surface area contributed by atoms with Crippen LogP contribution in [0.1, 0.15) is 17.0 Å². The second kappa shape index (κ2) is 4.84. The van der Waals surface area contributed by atoms with Crippen molar-refractivity contribution in [2.45, 2.75) is 6.92 Å². The van der Waals surface area contributed by atoms with Crippen LogP contribution in [0.4, 0.5) is 5.69 Å². The van der Waals surface area contributed by atoms with Crippen LogP contribution in [0.2, 0.25) is 0 Å². The van der Waals surface area contributed by atoms with Crippen molar-refractivity contribution in [1.29, 1.82) is 0 Å². The minimum atomic E-state index is 0.616. The van der Waals surface area contributed by atoms with Crippen LogP contribution >= 0.6 is 0 Å². The van der Waals surface area contributed by atoms with Crippen molar-refractivity contribution in [3.8, 4) is 17.6 Å². The number of ether oxygens (including phenoxy) is 1. The molecule has 0 saturated heterocycles. The third-order valence-electron chi connectivity index (χ3n) is 2.80. The molecule has 92 valence electrons. The fraction of sp³-hybridized carbons (Fsp3) is 0.214. The molecule has 0 aliphatic rings. The van der Waals surface area contributed by atoms with Crippen molar-refractivity contribution in [2.75, 3.05) is 12.8 Å². The topological polar surface area (TPSA) is 53.1 Å². The van der Waals surface area contributed by atoms with Crippen LogP contribution in [0.3, 0.4) is 0 Å². The highest BCUT2D eigenvalue weighted by molar-refractivity contribution is 5.57. The molecule has 0 saturated carbocycles. The number of hydrogen-bond acceptors (Lipinski definition) is 3. The second-order valence-electron chi connectivity index (χ2n) is 3.95. The number of nitrogen functional groups attached to an aromatic ring is 1. The largest absolute Gasteiger partial charge is 0.497 e. The summed E-state index contributed by atoms with van der Waals surface area (Å²) in [5.41, 5.74) is 8.99. The lowest BCUT2D eigenvalue weighted by atomic mass is 10.2. The molecule has 2 N–H and O–H groups in total.